The summed E-state index contributed by atoms with van der Waals surface area (Å²) in [5, 5.41) is 6.07. The van der Waals surface area contributed by atoms with Crippen LogP contribution >= 0.6 is 11.6 Å². The van der Waals surface area contributed by atoms with Crippen molar-refractivity contribution in [3.8, 4) is 0 Å². The van der Waals surface area contributed by atoms with Gasteiger partial charge in [0.15, 0.2) is 0 Å². The molecule has 7 heteroatoms. The number of hydrogen-bond acceptors (Lipinski definition) is 3. The first kappa shape index (κ1) is 9.34. The van der Waals surface area contributed by atoms with Crippen LogP contribution in [-0.4, -0.2) is 30.2 Å². The molecular formula is C5H8ClN3O2S. The normalized spacial score (nSPS) is 11.4. The predicted molar refractivity (Wildman–Crippen MR) is 46.7 cm³/mol. The number of nitrogens with zero attached hydrogens (tertiary/aromatic N) is 1. The Morgan fingerprint density at radius 3 is 2.92 bits per heavy atom. The third-order valence-electron chi connectivity index (χ3n) is 1.12. The van der Waals surface area contributed by atoms with Crippen molar-refractivity contribution in [3.63, 3.8) is 0 Å². The quantitative estimate of drug-likeness (QED) is 0.705. The summed E-state index contributed by atoms with van der Waals surface area (Å²) in [5.74, 6) is -0.0209. The number of aromatic nitrogens is 2. The summed E-state index contributed by atoms with van der Waals surface area (Å²) in [5.41, 5.74) is 0.417. The predicted octanol–water partition coefficient (Wildman–Crippen LogP) is 0.390. The van der Waals surface area contributed by atoms with Crippen LogP contribution in [-0.2, 0) is 10.0 Å². The number of anilines is 1. The summed E-state index contributed by atoms with van der Waals surface area (Å²) in [7, 11) is -3.30. The topological polar surface area (TPSA) is 74.8 Å². The van der Waals surface area contributed by atoms with Crippen molar-refractivity contribution >= 4 is 27.3 Å². The van der Waals surface area contributed by atoms with Crippen LogP contribution in [0.2, 0.25) is 0 Å². The van der Waals surface area contributed by atoms with Gasteiger partial charge in [0.2, 0.25) is 10.0 Å². The molecule has 68 valence electrons. The average Bonchev–Trinajstić information content (AvgIpc) is 2.38. The summed E-state index contributed by atoms with van der Waals surface area (Å²) in [6, 6.07) is 0. The van der Waals surface area contributed by atoms with Gasteiger partial charge in [-0.2, -0.15) is 5.10 Å². The molecule has 0 spiro atoms. The summed E-state index contributed by atoms with van der Waals surface area (Å²) in [6.07, 6.45) is 2.83. The second-order valence-corrected chi connectivity index (χ2v) is 4.32. The molecular weight excluding hydrogens is 202 g/mol. The zero-order valence-corrected chi connectivity index (χ0v) is 7.69. The van der Waals surface area contributed by atoms with E-state index in [0.717, 1.165) is 0 Å². The molecule has 0 amide bonds. The number of rotatable bonds is 4. The van der Waals surface area contributed by atoms with E-state index in [1.54, 1.807) is 0 Å². The van der Waals surface area contributed by atoms with Gasteiger partial charge in [-0.3, -0.25) is 9.82 Å². The third-order valence-corrected chi connectivity index (χ3v) is 2.82. The maximum Gasteiger partial charge on any atom is 0.234 e. The Labute approximate surface area is 75.2 Å². The Hall–Kier alpha value is -0.750. The van der Waals surface area contributed by atoms with E-state index in [-0.39, 0.29) is 11.6 Å². The van der Waals surface area contributed by atoms with E-state index < -0.39 is 10.0 Å². The summed E-state index contributed by atoms with van der Waals surface area (Å²) < 4.78 is 24.4. The van der Waals surface area contributed by atoms with Crippen molar-refractivity contribution in [1.82, 2.24) is 10.2 Å². The van der Waals surface area contributed by atoms with Gasteiger partial charge in [0, 0.05) is 12.1 Å². The largest absolute Gasteiger partial charge is 0.284 e. The minimum Gasteiger partial charge on any atom is -0.284 e. The van der Waals surface area contributed by atoms with Crippen LogP contribution in [0.4, 0.5) is 5.69 Å². The van der Waals surface area contributed by atoms with Gasteiger partial charge in [-0.05, 0) is 0 Å². The smallest absolute Gasteiger partial charge is 0.234 e. The van der Waals surface area contributed by atoms with Crippen LogP contribution in [0.3, 0.4) is 0 Å². The van der Waals surface area contributed by atoms with E-state index in [9.17, 15) is 8.42 Å². The standard InChI is InChI=1S/C5H8ClN3O2S/c6-1-2-12(10,11)9-5-3-7-8-4-5/h3-4,9H,1-2H2,(H,7,8). The monoisotopic (exact) mass is 209 g/mol. The van der Waals surface area contributed by atoms with Crippen LogP contribution in [0.25, 0.3) is 0 Å². The maximum atomic E-state index is 11.1. The van der Waals surface area contributed by atoms with Crippen molar-refractivity contribution in [2.45, 2.75) is 0 Å². The van der Waals surface area contributed by atoms with E-state index in [0.29, 0.717) is 5.69 Å². The van der Waals surface area contributed by atoms with Gasteiger partial charge in [-0.1, -0.05) is 0 Å². The Morgan fingerprint density at radius 1 is 1.67 bits per heavy atom. The fourth-order valence-corrected chi connectivity index (χ4v) is 2.02. The molecule has 0 saturated heterocycles. The first-order chi connectivity index (χ1) is 5.64. The average molecular weight is 210 g/mol. The highest BCUT2D eigenvalue weighted by molar-refractivity contribution is 7.92. The van der Waals surface area contributed by atoms with Crippen molar-refractivity contribution in [1.29, 1.82) is 0 Å². The number of hydrogen-bond donors (Lipinski definition) is 2. The van der Waals surface area contributed by atoms with Crippen LogP contribution in [0, 0.1) is 0 Å². The molecule has 0 atom stereocenters. The van der Waals surface area contributed by atoms with E-state index in [2.05, 4.69) is 14.9 Å². The van der Waals surface area contributed by atoms with Crippen LogP contribution < -0.4 is 4.72 Å². The molecule has 1 rings (SSSR count). The van der Waals surface area contributed by atoms with Crippen molar-refractivity contribution in [3.05, 3.63) is 12.4 Å². The highest BCUT2D eigenvalue weighted by Crippen LogP contribution is 2.04. The molecule has 12 heavy (non-hydrogen) atoms. The van der Waals surface area contributed by atoms with E-state index in [1.165, 1.54) is 12.4 Å². The summed E-state index contributed by atoms with van der Waals surface area (Å²) >= 11 is 5.28. The van der Waals surface area contributed by atoms with Gasteiger partial charge in [-0.25, -0.2) is 8.42 Å². The van der Waals surface area contributed by atoms with Gasteiger partial charge in [0.05, 0.1) is 17.6 Å². The lowest BCUT2D eigenvalue weighted by Crippen LogP contribution is -2.17. The van der Waals surface area contributed by atoms with E-state index in [4.69, 9.17) is 11.6 Å². The maximum absolute atomic E-state index is 11.1. The molecule has 0 saturated carbocycles. The molecule has 5 nitrogen and oxygen atoms in total. The molecule has 1 aromatic heterocycles. The fraction of sp³-hybridized carbons (Fsp3) is 0.400. The lowest BCUT2D eigenvalue weighted by atomic mass is 10.6. The van der Waals surface area contributed by atoms with Gasteiger partial charge < -0.3 is 0 Å². The van der Waals surface area contributed by atoms with E-state index in [1.807, 2.05) is 0 Å². The van der Waals surface area contributed by atoms with Gasteiger partial charge in [0.25, 0.3) is 0 Å². The van der Waals surface area contributed by atoms with Crippen LogP contribution in [0.1, 0.15) is 0 Å². The molecule has 0 aliphatic rings. The minimum absolute atomic E-state index is 0.0766. The lowest BCUT2D eigenvalue weighted by molar-refractivity contribution is 0.602. The third kappa shape index (κ3) is 2.71. The fourth-order valence-electron chi connectivity index (χ4n) is 0.639. The zero-order chi connectivity index (χ0) is 9.03. The van der Waals surface area contributed by atoms with Gasteiger partial charge in [-0.15, -0.1) is 11.6 Å². The number of nitrogens with one attached hydrogen (secondary N) is 2. The molecule has 0 fully saturated rings. The van der Waals surface area contributed by atoms with Crippen molar-refractivity contribution in [2.24, 2.45) is 0 Å². The highest BCUT2D eigenvalue weighted by Gasteiger charge is 2.08. The number of alkyl halides is 1. The summed E-state index contributed by atoms with van der Waals surface area (Å²) in [6.45, 7) is 0. The number of aromatic amines is 1. The molecule has 1 aromatic rings. The first-order valence-corrected chi connectivity index (χ1v) is 5.38. The Balaban J connectivity index is 2.63. The van der Waals surface area contributed by atoms with Gasteiger partial charge >= 0.3 is 0 Å². The second kappa shape index (κ2) is 3.77. The highest BCUT2D eigenvalue weighted by atomic mass is 35.5. The number of halogens is 1. The van der Waals surface area contributed by atoms with Crippen LogP contribution in [0.5, 0.6) is 0 Å². The minimum atomic E-state index is -3.30. The molecule has 0 aliphatic heterocycles. The molecule has 0 aromatic carbocycles. The zero-order valence-electron chi connectivity index (χ0n) is 6.12. The van der Waals surface area contributed by atoms with E-state index >= 15 is 0 Å². The number of H-pyrrole nitrogens is 1. The first-order valence-electron chi connectivity index (χ1n) is 3.19. The Bertz CT molecular complexity index is 320. The molecule has 0 bridgehead atoms. The summed E-state index contributed by atoms with van der Waals surface area (Å²) in [4.78, 5) is 0. The van der Waals surface area contributed by atoms with Gasteiger partial charge in [0.1, 0.15) is 0 Å². The molecule has 0 radical (unpaired) electrons. The van der Waals surface area contributed by atoms with Crippen molar-refractivity contribution in [2.75, 3.05) is 16.4 Å². The Kier molecular flexibility index (Phi) is 2.93. The molecule has 0 unspecified atom stereocenters. The SMILES string of the molecule is O=S(=O)(CCCl)Nc1cn[nH]c1. The molecule has 1 heterocycles. The molecule has 2 N–H and O–H groups in total. The van der Waals surface area contributed by atoms with Crippen molar-refractivity contribution < 1.29 is 8.42 Å². The van der Waals surface area contributed by atoms with Crippen LogP contribution in [0.15, 0.2) is 12.4 Å². The lowest BCUT2D eigenvalue weighted by Gasteiger charge is -2.01. The molecule has 0 aliphatic carbocycles. The second-order valence-electron chi connectivity index (χ2n) is 2.10. The number of sulfonamides is 1. The Morgan fingerprint density at radius 2 is 2.42 bits per heavy atom.